The van der Waals surface area contributed by atoms with Crippen molar-refractivity contribution in [2.75, 3.05) is 6.61 Å². The molecule has 0 amide bonds. The van der Waals surface area contributed by atoms with Crippen molar-refractivity contribution in [1.29, 1.82) is 0 Å². The highest BCUT2D eigenvalue weighted by molar-refractivity contribution is 5.31. The van der Waals surface area contributed by atoms with Gasteiger partial charge in [0.15, 0.2) is 0 Å². The molecule has 0 radical (unpaired) electrons. The molecule has 1 fully saturated rings. The van der Waals surface area contributed by atoms with Crippen LogP contribution in [0.2, 0.25) is 0 Å². The van der Waals surface area contributed by atoms with Crippen LogP contribution in [0.15, 0.2) is 42.7 Å². The molecule has 2 heterocycles. The molecule has 1 saturated heterocycles. The first-order chi connectivity index (χ1) is 8.84. The normalized spacial score (nSPS) is 21.1. The number of rotatable bonds is 3. The molecule has 0 aliphatic carbocycles. The van der Waals surface area contributed by atoms with Crippen molar-refractivity contribution in [2.45, 2.75) is 25.0 Å². The fraction of sp³-hybridized carbons (Fsp3) is 0.357. The summed E-state index contributed by atoms with van der Waals surface area (Å²) >= 11 is 0. The Morgan fingerprint density at radius 2 is 2.17 bits per heavy atom. The molecule has 1 aliphatic rings. The van der Waals surface area contributed by atoms with E-state index < -0.39 is 0 Å². The van der Waals surface area contributed by atoms with Crippen LogP contribution in [0, 0.1) is 0 Å². The van der Waals surface area contributed by atoms with Crippen LogP contribution in [0.5, 0.6) is 0 Å². The van der Waals surface area contributed by atoms with E-state index in [1.807, 2.05) is 47.4 Å². The minimum Gasteiger partial charge on any atom is -0.376 e. The van der Waals surface area contributed by atoms with E-state index in [0.29, 0.717) is 0 Å². The second-order valence-corrected chi connectivity index (χ2v) is 4.63. The summed E-state index contributed by atoms with van der Waals surface area (Å²) in [5.74, 6) is 0. The van der Waals surface area contributed by atoms with Gasteiger partial charge in [0.1, 0.15) is 0 Å². The Bertz CT molecular complexity index is 503. The zero-order valence-corrected chi connectivity index (χ0v) is 10.2. The van der Waals surface area contributed by atoms with E-state index in [2.05, 4.69) is 5.10 Å². The van der Waals surface area contributed by atoms with Gasteiger partial charge in [-0.15, -0.1) is 0 Å². The fourth-order valence-electron chi connectivity index (χ4n) is 2.33. The highest BCUT2D eigenvalue weighted by atomic mass is 16.5. The average Bonchev–Trinajstić information content (AvgIpc) is 3.10. The zero-order chi connectivity index (χ0) is 12.4. The van der Waals surface area contributed by atoms with Crippen LogP contribution in [0.3, 0.4) is 0 Å². The van der Waals surface area contributed by atoms with Gasteiger partial charge < -0.3 is 10.5 Å². The number of ether oxygens (including phenoxy) is 1. The molecule has 4 nitrogen and oxygen atoms in total. The van der Waals surface area contributed by atoms with E-state index in [0.717, 1.165) is 30.7 Å². The maximum absolute atomic E-state index is 6.21. The molecule has 2 atom stereocenters. The van der Waals surface area contributed by atoms with Gasteiger partial charge in [0.25, 0.3) is 0 Å². The predicted molar refractivity (Wildman–Crippen MR) is 69.5 cm³/mol. The van der Waals surface area contributed by atoms with Crippen LogP contribution in [-0.4, -0.2) is 22.5 Å². The molecule has 2 unspecified atom stereocenters. The number of hydrogen-bond acceptors (Lipinski definition) is 3. The van der Waals surface area contributed by atoms with E-state index in [-0.39, 0.29) is 12.1 Å². The molecule has 0 saturated carbocycles. The zero-order valence-electron chi connectivity index (χ0n) is 10.2. The van der Waals surface area contributed by atoms with E-state index >= 15 is 0 Å². The van der Waals surface area contributed by atoms with Gasteiger partial charge in [0.2, 0.25) is 0 Å². The number of aromatic nitrogens is 2. The third-order valence-electron chi connectivity index (χ3n) is 3.37. The molecule has 1 aliphatic heterocycles. The minimum atomic E-state index is -0.0787. The molecule has 0 bridgehead atoms. The van der Waals surface area contributed by atoms with Gasteiger partial charge in [-0.3, -0.25) is 0 Å². The van der Waals surface area contributed by atoms with E-state index in [9.17, 15) is 0 Å². The van der Waals surface area contributed by atoms with Gasteiger partial charge >= 0.3 is 0 Å². The molecule has 4 heteroatoms. The van der Waals surface area contributed by atoms with Crippen molar-refractivity contribution in [2.24, 2.45) is 5.73 Å². The molecule has 2 N–H and O–H groups in total. The fourth-order valence-corrected chi connectivity index (χ4v) is 2.33. The number of benzene rings is 1. The highest BCUT2D eigenvalue weighted by Crippen LogP contribution is 2.25. The van der Waals surface area contributed by atoms with Crippen molar-refractivity contribution in [1.82, 2.24) is 9.78 Å². The highest BCUT2D eigenvalue weighted by Gasteiger charge is 2.25. The van der Waals surface area contributed by atoms with E-state index in [1.54, 1.807) is 0 Å². The van der Waals surface area contributed by atoms with Gasteiger partial charge in [0.05, 0.1) is 24.0 Å². The molecule has 18 heavy (non-hydrogen) atoms. The summed E-state index contributed by atoms with van der Waals surface area (Å²) in [7, 11) is 0. The van der Waals surface area contributed by atoms with Crippen molar-refractivity contribution >= 4 is 0 Å². The SMILES string of the molecule is NC(c1cnn(-c2ccccc2)c1)C1CCCO1. The topological polar surface area (TPSA) is 53.1 Å². The summed E-state index contributed by atoms with van der Waals surface area (Å²) in [5.41, 5.74) is 8.29. The van der Waals surface area contributed by atoms with Crippen molar-refractivity contribution < 1.29 is 4.74 Å². The quantitative estimate of drug-likeness (QED) is 0.897. The lowest BCUT2D eigenvalue weighted by molar-refractivity contribution is 0.0900. The molecule has 1 aromatic heterocycles. The first kappa shape index (κ1) is 11.4. The van der Waals surface area contributed by atoms with Crippen LogP contribution in [-0.2, 0) is 4.74 Å². The standard InChI is InChI=1S/C14H17N3O/c15-14(13-7-4-8-18-13)11-9-16-17(10-11)12-5-2-1-3-6-12/h1-3,5-6,9-10,13-14H,4,7-8,15H2. The minimum absolute atomic E-state index is 0.0787. The maximum Gasteiger partial charge on any atom is 0.0769 e. The van der Waals surface area contributed by atoms with Gasteiger partial charge in [0, 0.05) is 18.4 Å². The molecule has 2 aromatic rings. The smallest absolute Gasteiger partial charge is 0.0769 e. The molecular weight excluding hydrogens is 226 g/mol. The summed E-state index contributed by atoms with van der Waals surface area (Å²) in [6, 6.07) is 9.95. The molecule has 0 spiro atoms. The average molecular weight is 243 g/mol. The summed E-state index contributed by atoms with van der Waals surface area (Å²) in [5, 5.41) is 4.36. The van der Waals surface area contributed by atoms with E-state index in [1.165, 1.54) is 0 Å². The molecular formula is C14H17N3O. The summed E-state index contributed by atoms with van der Waals surface area (Å²) < 4.78 is 7.47. The van der Waals surface area contributed by atoms with Crippen LogP contribution in [0.1, 0.15) is 24.4 Å². The predicted octanol–water partition coefficient (Wildman–Crippen LogP) is 2.05. The monoisotopic (exact) mass is 243 g/mol. The molecule has 1 aromatic carbocycles. The number of hydrogen-bond donors (Lipinski definition) is 1. The lowest BCUT2D eigenvalue weighted by atomic mass is 10.0. The second-order valence-electron chi connectivity index (χ2n) is 4.63. The Labute approximate surface area is 106 Å². The van der Waals surface area contributed by atoms with Gasteiger partial charge in [-0.2, -0.15) is 5.10 Å². The Morgan fingerprint density at radius 3 is 2.89 bits per heavy atom. The Balaban J connectivity index is 1.81. The van der Waals surface area contributed by atoms with Crippen molar-refractivity contribution in [3.8, 4) is 5.69 Å². The van der Waals surface area contributed by atoms with Gasteiger partial charge in [-0.05, 0) is 25.0 Å². The van der Waals surface area contributed by atoms with Crippen LogP contribution in [0.4, 0.5) is 0 Å². The second kappa shape index (κ2) is 4.92. The molecule has 3 rings (SSSR count). The third kappa shape index (κ3) is 2.17. The third-order valence-corrected chi connectivity index (χ3v) is 3.37. The lowest BCUT2D eigenvalue weighted by Crippen LogP contribution is -2.25. The van der Waals surface area contributed by atoms with E-state index in [4.69, 9.17) is 10.5 Å². The Hall–Kier alpha value is -1.65. The number of nitrogens with two attached hydrogens (primary N) is 1. The largest absolute Gasteiger partial charge is 0.376 e. The van der Waals surface area contributed by atoms with Gasteiger partial charge in [-0.25, -0.2) is 4.68 Å². The summed E-state index contributed by atoms with van der Waals surface area (Å²) in [4.78, 5) is 0. The van der Waals surface area contributed by atoms with Crippen LogP contribution >= 0.6 is 0 Å². The summed E-state index contributed by atoms with van der Waals surface area (Å²) in [6.45, 7) is 0.825. The lowest BCUT2D eigenvalue weighted by Gasteiger charge is -2.16. The van der Waals surface area contributed by atoms with Crippen LogP contribution in [0.25, 0.3) is 5.69 Å². The number of nitrogens with zero attached hydrogens (tertiary/aromatic N) is 2. The summed E-state index contributed by atoms with van der Waals surface area (Å²) in [6.07, 6.45) is 6.10. The van der Waals surface area contributed by atoms with Crippen molar-refractivity contribution in [3.05, 3.63) is 48.3 Å². The number of para-hydroxylation sites is 1. The van der Waals surface area contributed by atoms with Gasteiger partial charge in [-0.1, -0.05) is 18.2 Å². The maximum atomic E-state index is 6.21. The molecule has 94 valence electrons. The van der Waals surface area contributed by atoms with Crippen molar-refractivity contribution in [3.63, 3.8) is 0 Å². The Morgan fingerprint density at radius 1 is 1.33 bits per heavy atom. The Kier molecular flexibility index (Phi) is 3.13. The van der Waals surface area contributed by atoms with Crippen LogP contribution < -0.4 is 5.73 Å². The first-order valence-electron chi connectivity index (χ1n) is 6.32. The first-order valence-corrected chi connectivity index (χ1v) is 6.32.